The number of amides is 2. The van der Waals surface area contributed by atoms with Crippen LogP contribution in [0.15, 0.2) is 28.9 Å². The molecule has 2 amide bonds. The number of nitrogens with zero attached hydrogens (tertiary/aromatic N) is 4. The summed E-state index contributed by atoms with van der Waals surface area (Å²) in [4.78, 5) is 32.5. The zero-order valence-electron chi connectivity index (χ0n) is 17.3. The normalized spacial score (nSPS) is 14.8. The van der Waals surface area contributed by atoms with E-state index in [2.05, 4.69) is 15.4 Å². The van der Waals surface area contributed by atoms with E-state index in [-0.39, 0.29) is 17.7 Å². The van der Waals surface area contributed by atoms with Gasteiger partial charge < -0.3 is 14.6 Å². The van der Waals surface area contributed by atoms with Crippen molar-refractivity contribution in [3.63, 3.8) is 0 Å². The maximum absolute atomic E-state index is 13.0. The van der Waals surface area contributed by atoms with E-state index in [1.54, 1.807) is 10.9 Å². The van der Waals surface area contributed by atoms with Crippen molar-refractivity contribution in [1.29, 1.82) is 0 Å². The third kappa shape index (κ3) is 4.16. The fraction of sp³-hybridized carbons (Fsp3) is 0.429. The van der Waals surface area contributed by atoms with Gasteiger partial charge in [0.25, 0.3) is 5.91 Å². The van der Waals surface area contributed by atoms with Crippen molar-refractivity contribution in [2.24, 2.45) is 5.92 Å². The maximum atomic E-state index is 13.0. The molecule has 0 atom stereocenters. The standard InChI is InChI=1S/C21H25N5O3S/c1-4-26-12-16(11-22-26)24-19(27)15-7-9-25(10-8-15)21(28)18-14(3)23-20(30-18)17-6-5-13(2)29-17/h5-6,11-12,15H,4,7-10H2,1-3H3,(H,24,27). The van der Waals surface area contributed by atoms with Gasteiger partial charge in [0, 0.05) is 31.7 Å². The molecule has 4 heterocycles. The molecule has 0 spiro atoms. The second-order valence-electron chi connectivity index (χ2n) is 7.48. The molecule has 0 aromatic carbocycles. The summed E-state index contributed by atoms with van der Waals surface area (Å²) in [7, 11) is 0. The van der Waals surface area contributed by atoms with Gasteiger partial charge in [0.1, 0.15) is 10.6 Å². The zero-order chi connectivity index (χ0) is 21.3. The highest BCUT2D eigenvalue weighted by Crippen LogP contribution is 2.31. The van der Waals surface area contributed by atoms with E-state index in [9.17, 15) is 9.59 Å². The summed E-state index contributed by atoms with van der Waals surface area (Å²) in [5.41, 5.74) is 1.42. The Kier molecular flexibility index (Phi) is 5.72. The SMILES string of the molecule is CCn1cc(NC(=O)C2CCN(C(=O)c3sc(-c4ccc(C)o4)nc3C)CC2)cn1. The van der Waals surface area contributed by atoms with Crippen molar-refractivity contribution in [2.45, 2.75) is 40.2 Å². The van der Waals surface area contributed by atoms with Crippen molar-refractivity contribution < 1.29 is 14.0 Å². The van der Waals surface area contributed by atoms with Crippen molar-refractivity contribution in [3.8, 4) is 10.8 Å². The summed E-state index contributed by atoms with van der Waals surface area (Å²) in [6, 6.07) is 3.76. The number of thiazole rings is 1. The molecule has 9 heteroatoms. The molecule has 158 valence electrons. The monoisotopic (exact) mass is 427 g/mol. The van der Waals surface area contributed by atoms with Gasteiger partial charge >= 0.3 is 0 Å². The van der Waals surface area contributed by atoms with Gasteiger partial charge in [-0.1, -0.05) is 0 Å². The molecule has 3 aromatic rings. The molecule has 0 aliphatic carbocycles. The van der Waals surface area contributed by atoms with E-state index in [1.165, 1.54) is 11.3 Å². The Morgan fingerprint density at radius 3 is 2.67 bits per heavy atom. The molecule has 0 saturated carbocycles. The van der Waals surface area contributed by atoms with E-state index in [1.807, 2.05) is 44.0 Å². The second kappa shape index (κ2) is 8.43. The van der Waals surface area contributed by atoms with Crippen molar-refractivity contribution in [2.75, 3.05) is 18.4 Å². The molecule has 4 rings (SSSR count). The van der Waals surface area contributed by atoms with Crippen LogP contribution in [-0.2, 0) is 11.3 Å². The van der Waals surface area contributed by atoms with Gasteiger partial charge in [-0.3, -0.25) is 14.3 Å². The number of rotatable bonds is 5. The van der Waals surface area contributed by atoms with Crippen molar-refractivity contribution >= 4 is 28.8 Å². The van der Waals surface area contributed by atoms with Crippen LogP contribution in [0.1, 0.15) is 40.9 Å². The Bertz CT molecular complexity index is 1060. The summed E-state index contributed by atoms with van der Waals surface area (Å²) in [6.45, 7) is 7.59. The van der Waals surface area contributed by atoms with E-state index >= 15 is 0 Å². The van der Waals surface area contributed by atoms with Crippen LogP contribution < -0.4 is 5.32 Å². The summed E-state index contributed by atoms with van der Waals surface area (Å²) < 4.78 is 7.40. The number of furan rings is 1. The average molecular weight is 428 g/mol. The molecular weight excluding hydrogens is 402 g/mol. The lowest BCUT2D eigenvalue weighted by Gasteiger charge is -2.31. The number of anilines is 1. The number of carbonyl (C=O) groups excluding carboxylic acids is 2. The molecular formula is C21H25N5O3S. The lowest BCUT2D eigenvalue weighted by atomic mass is 9.95. The molecule has 1 aliphatic rings. The van der Waals surface area contributed by atoms with Crippen molar-refractivity contribution in [1.82, 2.24) is 19.7 Å². The first kappa shape index (κ1) is 20.3. The Hall–Kier alpha value is -2.94. The van der Waals surface area contributed by atoms with Crippen LogP contribution in [0.3, 0.4) is 0 Å². The third-order valence-corrected chi connectivity index (χ3v) is 6.48. The number of aromatic nitrogens is 3. The van der Waals surface area contributed by atoms with Gasteiger partial charge in [0.05, 0.1) is 17.6 Å². The molecule has 0 radical (unpaired) electrons. The number of carbonyl (C=O) groups is 2. The molecule has 1 saturated heterocycles. The van der Waals surface area contributed by atoms with E-state index in [4.69, 9.17) is 4.42 Å². The number of hydrogen-bond acceptors (Lipinski definition) is 6. The van der Waals surface area contributed by atoms with E-state index in [0.717, 1.165) is 12.3 Å². The molecule has 30 heavy (non-hydrogen) atoms. The van der Waals surface area contributed by atoms with Gasteiger partial charge in [-0.15, -0.1) is 11.3 Å². The van der Waals surface area contributed by atoms with Gasteiger partial charge in [-0.2, -0.15) is 5.10 Å². The Morgan fingerprint density at radius 2 is 2.03 bits per heavy atom. The maximum Gasteiger partial charge on any atom is 0.265 e. The molecule has 1 aliphatic heterocycles. The average Bonchev–Trinajstić information content (AvgIpc) is 3.47. The fourth-order valence-corrected chi connectivity index (χ4v) is 4.58. The summed E-state index contributed by atoms with van der Waals surface area (Å²) in [5.74, 6) is 1.35. The Balaban J connectivity index is 1.36. The molecule has 0 unspecified atom stereocenters. The van der Waals surface area contributed by atoms with Gasteiger partial charge in [0.15, 0.2) is 10.8 Å². The number of hydrogen-bond donors (Lipinski definition) is 1. The summed E-state index contributed by atoms with van der Waals surface area (Å²) >= 11 is 1.36. The topological polar surface area (TPSA) is 93.3 Å². The Labute approximate surface area is 178 Å². The molecule has 1 fully saturated rings. The number of nitrogens with one attached hydrogen (secondary N) is 1. The van der Waals surface area contributed by atoms with Crippen LogP contribution in [0, 0.1) is 19.8 Å². The molecule has 3 aromatic heterocycles. The first-order chi connectivity index (χ1) is 14.4. The predicted octanol–water partition coefficient (Wildman–Crippen LogP) is 3.73. The number of piperidine rings is 1. The first-order valence-electron chi connectivity index (χ1n) is 10.1. The lowest BCUT2D eigenvalue weighted by molar-refractivity contribution is -0.121. The van der Waals surface area contributed by atoms with Crippen LogP contribution in [0.5, 0.6) is 0 Å². The lowest BCUT2D eigenvalue weighted by Crippen LogP contribution is -2.41. The highest BCUT2D eigenvalue weighted by Gasteiger charge is 2.30. The van der Waals surface area contributed by atoms with Crippen LogP contribution in [0.4, 0.5) is 5.69 Å². The fourth-order valence-electron chi connectivity index (χ4n) is 3.58. The highest BCUT2D eigenvalue weighted by molar-refractivity contribution is 7.17. The summed E-state index contributed by atoms with van der Waals surface area (Å²) in [6.07, 6.45) is 4.76. The van der Waals surface area contributed by atoms with Gasteiger partial charge in [-0.25, -0.2) is 4.98 Å². The smallest absolute Gasteiger partial charge is 0.265 e. The number of aryl methyl sites for hydroxylation is 3. The number of likely N-dealkylation sites (tertiary alicyclic amines) is 1. The van der Waals surface area contributed by atoms with Crippen LogP contribution in [-0.4, -0.2) is 44.6 Å². The first-order valence-corrected chi connectivity index (χ1v) is 10.9. The minimum absolute atomic E-state index is 0.0119. The van der Waals surface area contributed by atoms with Gasteiger partial charge in [0.2, 0.25) is 5.91 Å². The van der Waals surface area contributed by atoms with Gasteiger partial charge in [-0.05, 0) is 45.7 Å². The highest BCUT2D eigenvalue weighted by atomic mass is 32.1. The van der Waals surface area contributed by atoms with Crippen LogP contribution in [0.25, 0.3) is 10.8 Å². The third-order valence-electron chi connectivity index (χ3n) is 5.32. The second-order valence-corrected chi connectivity index (χ2v) is 8.48. The minimum atomic E-state index is -0.108. The van der Waals surface area contributed by atoms with Crippen LogP contribution >= 0.6 is 11.3 Å². The molecule has 0 bridgehead atoms. The Morgan fingerprint density at radius 1 is 1.27 bits per heavy atom. The molecule has 1 N–H and O–H groups in total. The predicted molar refractivity (Wildman–Crippen MR) is 114 cm³/mol. The summed E-state index contributed by atoms with van der Waals surface area (Å²) in [5, 5.41) is 7.82. The van der Waals surface area contributed by atoms with E-state index in [0.29, 0.717) is 53.0 Å². The molecule has 8 nitrogen and oxygen atoms in total. The van der Waals surface area contributed by atoms with E-state index < -0.39 is 0 Å². The minimum Gasteiger partial charge on any atom is -0.459 e. The van der Waals surface area contributed by atoms with Crippen LogP contribution in [0.2, 0.25) is 0 Å². The largest absolute Gasteiger partial charge is 0.459 e. The quantitative estimate of drug-likeness (QED) is 0.670. The zero-order valence-corrected chi connectivity index (χ0v) is 18.2. The van der Waals surface area contributed by atoms with Crippen molar-refractivity contribution in [3.05, 3.63) is 40.9 Å².